The van der Waals surface area contributed by atoms with E-state index >= 15 is 0 Å². The third kappa shape index (κ3) is 5.30. The summed E-state index contributed by atoms with van der Waals surface area (Å²) in [7, 11) is 0.805. The largest absolute Gasteiger partial charge is 0.418 e. The fourth-order valence-corrected chi connectivity index (χ4v) is 4.86. The minimum Gasteiger partial charge on any atom is -0.375 e. The van der Waals surface area contributed by atoms with Crippen LogP contribution in [0.3, 0.4) is 0 Å². The molecule has 1 unspecified atom stereocenters. The zero-order chi connectivity index (χ0) is 23.7. The number of pyridine rings is 1. The highest BCUT2D eigenvalue weighted by Crippen LogP contribution is 2.41. The summed E-state index contributed by atoms with van der Waals surface area (Å²) in [4.78, 5) is 6.22. The topological polar surface area (TPSA) is 74.8 Å². The van der Waals surface area contributed by atoms with E-state index in [0.717, 1.165) is 18.2 Å². The average molecular weight is 476 g/mol. The molecule has 1 saturated heterocycles. The molecule has 7 nitrogen and oxygen atoms in total. The maximum atomic E-state index is 13.9. The van der Waals surface area contributed by atoms with Gasteiger partial charge < -0.3 is 14.5 Å². The first-order chi connectivity index (χ1) is 14.8. The minimum absolute atomic E-state index is 0.127. The Balaban J connectivity index is 1.95. The van der Waals surface area contributed by atoms with Crippen LogP contribution < -0.4 is 9.62 Å². The number of likely N-dealkylation sites (N-methyl/N-ethyl adjacent to an activating group) is 1. The Morgan fingerprint density at radius 2 is 1.97 bits per heavy atom. The third-order valence-electron chi connectivity index (χ3n) is 5.23. The second-order valence-electron chi connectivity index (χ2n) is 7.92. The highest BCUT2D eigenvalue weighted by atomic mass is 32.2. The Bertz CT molecular complexity index is 1080. The second-order valence-corrected chi connectivity index (χ2v) is 9.61. The van der Waals surface area contributed by atoms with E-state index in [-0.39, 0.29) is 18.1 Å². The van der Waals surface area contributed by atoms with E-state index in [1.54, 1.807) is 4.90 Å². The molecule has 2 heterocycles. The maximum Gasteiger partial charge on any atom is 0.418 e. The Morgan fingerprint density at radius 1 is 1.25 bits per heavy atom. The molecule has 3 rings (SSSR count). The number of halogens is 4. The lowest BCUT2D eigenvalue weighted by atomic mass is 10.0. The lowest BCUT2D eigenvalue weighted by molar-refractivity contribution is -0.137. The van der Waals surface area contributed by atoms with Gasteiger partial charge in [0.25, 0.3) is 10.0 Å². The smallest absolute Gasteiger partial charge is 0.375 e. The van der Waals surface area contributed by atoms with Crippen molar-refractivity contribution >= 4 is 21.5 Å². The molecule has 0 bridgehead atoms. The van der Waals surface area contributed by atoms with Crippen LogP contribution in [0.1, 0.15) is 12.0 Å². The number of benzene rings is 1. The van der Waals surface area contributed by atoms with Crippen molar-refractivity contribution in [3.63, 3.8) is 0 Å². The molecule has 176 valence electrons. The van der Waals surface area contributed by atoms with Gasteiger partial charge in [0, 0.05) is 32.4 Å². The van der Waals surface area contributed by atoms with Gasteiger partial charge in [-0.3, -0.25) is 4.72 Å². The number of hydrogen-bond acceptors (Lipinski definition) is 6. The van der Waals surface area contributed by atoms with Crippen LogP contribution in [0.5, 0.6) is 0 Å². The van der Waals surface area contributed by atoms with Gasteiger partial charge in [0.1, 0.15) is 5.82 Å². The van der Waals surface area contributed by atoms with Gasteiger partial charge in [-0.05, 0) is 50.8 Å². The first-order valence-corrected chi connectivity index (χ1v) is 11.1. The van der Waals surface area contributed by atoms with E-state index < -0.39 is 38.2 Å². The summed E-state index contributed by atoms with van der Waals surface area (Å²) in [6.45, 7) is 1.07. The number of anilines is 2. The van der Waals surface area contributed by atoms with Gasteiger partial charge >= 0.3 is 6.18 Å². The van der Waals surface area contributed by atoms with Gasteiger partial charge in [-0.2, -0.15) is 17.6 Å². The molecule has 1 aromatic heterocycles. The Morgan fingerprint density at radius 3 is 2.56 bits per heavy atom. The van der Waals surface area contributed by atoms with Crippen LogP contribution in [0.15, 0.2) is 41.3 Å². The van der Waals surface area contributed by atoms with Crippen LogP contribution >= 0.6 is 0 Å². The molecule has 2 aromatic rings. The summed E-state index contributed by atoms with van der Waals surface area (Å²) >= 11 is 0. The predicted octanol–water partition coefficient (Wildman–Crippen LogP) is 3.20. The van der Waals surface area contributed by atoms with E-state index in [2.05, 4.69) is 4.98 Å². The van der Waals surface area contributed by atoms with Gasteiger partial charge in [0.2, 0.25) is 5.95 Å². The summed E-state index contributed by atoms with van der Waals surface area (Å²) in [6, 6.07) is 6.24. The van der Waals surface area contributed by atoms with Gasteiger partial charge in [-0.25, -0.2) is 13.4 Å². The summed E-state index contributed by atoms with van der Waals surface area (Å²) in [5.74, 6) is -1.26. The number of alkyl halides is 3. The SMILES string of the molecule is COC1(CN(C)C)CCN(c2ccc(S(=O)(=O)Nc3cccc(F)n3)cc2C(F)(F)F)C1. The van der Waals surface area contributed by atoms with E-state index in [9.17, 15) is 26.0 Å². The molecular weight excluding hydrogens is 452 g/mol. The van der Waals surface area contributed by atoms with Crippen LogP contribution in [-0.2, 0) is 20.9 Å². The molecule has 0 radical (unpaired) electrons. The normalized spacial score (nSPS) is 19.6. The fraction of sp³-hybridized carbons (Fsp3) is 0.450. The Hall–Kier alpha value is -2.44. The maximum absolute atomic E-state index is 13.9. The minimum atomic E-state index is -4.79. The number of rotatable bonds is 7. The van der Waals surface area contributed by atoms with E-state index in [1.165, 1.54) is 19.2 Å². The molecule has 1 fully saturated rings. The molecule has 1 aliphatic rings. The molecule has 32 heavy (non-hydrogen) atoms. The first-order valence-electron chi connectivity index (χ1n) is 9.67. The standard InChI is InChI=1S/C20H24F4N4O3S/c1-27(2)12-19(31-3)9-10-28(13-19)16-8-7-14(11-15(16)20(22,23)24)32(29,30)26-18-6-4-5-17(21)25-18/h4-8,11H,9-10,12-13H2,1-3H3,(H,25,26). The molecule has 0 spiro atoms. The van der Waals surface area contributed by atoms with E-state index in [1.807, 2.05) is 23.7 Å². The van der Waals surface area contributed by atoms with Crippen molar-refractivity contribution < 1.29 is 30.7 Å². The Kier molecular flexibility index (Phi) is 6.68. The third-order valence-corrected chi connectivity index (χ3v) is 6.58. The van der Waals surface area contributed by atoms with Crippen molar-refractivity contribution in [1.82, 2.24) is 9.88 Å². The summed E-state index contributed by atoms with van der Waals surface area (Å²) in [5.41, 5.74) is -1.84. The van der Waals surface area contributed by atoms with Crippen molar-refractivity contribution in [1.29, 1.82) is 0 Å². The summed E-state index contributed by atoms with van der Waals surface area (Å²) in [6.07, 6.45) is -4.27. The summed E-state index contributed by atoms with van der Waals surface area (Å²) < 4.78 is 87.8. The van der Waals surface area contributed by atoms with Gasteiger partial charge in [-0.15, -0.1) is 0 Å². The van der Waals surface area contributed by atoms with E-state index in [0.29, 0.717) is 25.6 Å². The van der Waals surface area contributed by atoms with Gasteiger partial charge in [0.05, 0.1) is 16.1 Å². The first kappa shape index (κ1) is 24.2. The van der Waals surface area contributed by atoms with Crippen LogP contribution in [0.4, 0.5) is 29.1 Å². The van der Waals surface area contributed by atoms with Crippen molar-refractivity contribution in [2.45, 2.75) is 23.1 Å². The van der Waals surface area contributed by atoms with Crippen LogP contribution in [0.2, 0.25) is 0 Å². The lowest BCUT2D eigenvalue weighted by Gasteiger charge is -2.32. The second kappa shape index (κ2) is 8.83. The highest BCUT2D eigenvalue weighted by molar-refractivity contribution is 7.92. The van der Waals surface area contributed by atoms with Crippen LogP contribution in [0.25, 0.3) is 0 Å². The fourth-order valence-electron chi connectivity index (χ4n) is 3.83. The summed E-state index contributed by atoms with van der Waals surface area (Å²) in [5, 5.41) is 0. The lowest BCUT2D eigenvalue weighted by Crippen LogP contribution is -2.44. The van der Waals surface area contributed by atoms with Gasteiger partial charge in [-0.1, -0.05) is 6.07 Å². The number of ether oxygens (including phenoxy) is 1. The number of nitrogens with one attached hydrogen (secondary N) is 1. The van der Waals surface area contributed by atoms with Crippen LogP contribution in [-0.4, -0.2) is 64.7 Å². The quantitative estimate of drug-likeness (QED) is 0.489. The molecule has 12 heteroatoms. The predicted molar refractivity (Wildman–Crippen MR) is 112 cm³/mol. The molecule has 1 atom stereocenters. The average Bonchev–Trinajstić information content (AvgIpc) is 3.10. The zero-order valence-corrected chi connectivity index (χ0v) is 18.6. The monoisotopic (exact) mass is 476 g/mol. The molecule has 1 aromatic carbocycles. The number of nitrogens with zero attached hydrogens (tertiary/aromatic N) is 3. The zero-order valence-electron chi connectivity index (χ0n) is 17.8. The van der Waals surface area contributed by atoms with Gasteiger partial charge in [0.15, 0.2) is 0 Å². The van der Waals surface area contributed by atoms with E-state index in [4.69, 9.17) is 4.74 Å². The molecule has 0 amide bonds. The van der Waals surface area contributed by atoms with Crippen LogP contribution in [0, 0.1) is 5.95 Å². The van der Waals surface area contributed by atoms with Crippen molar-refractivity contribution in [2.24, 2.45) is 0 Å². The Labute approximate surface area is 184 Å². The molecule has 0 aliphatic carbocycles. The highest BCUT2D eigenvalue weighted by Gasteiger charge is 2.42. The number of methoxy groups -OCH3 is 1. The molecule has 1 N–H and O–H groups in total. The number of sulfonamides is 1. The molecule has 0 saturated carbocycles. The molecular formula is C20H24F4N4O3S. The van der Waals surface area contributed by atoms with Crippen molar-refractivity contribution in [2.75, 3.05) is 50.5 Å². The number of aromatic nitrogens is 1. The number of hydrogen-bond donors (Lipinski definition) is 1. The van der Waals surface area contributed by atoms with Crippen molar-refractivity contribution in [3.8, 4) is 0 Å². The molecule has 1 aliphatic heterocycles. The van der Waals surface area contributed by atoms with Crippen molar-refractivity contribution in [3.05, 3.63) is 47.9 Å².